The van der Waals surface area contributed by atoms with Crippen molar-refractivity contribution in [2.75, 3.05) is 0 Å². The molecule has 0 aliphatic heterocycles. The molecule has 2 heteroatoms. The van der Waals surface area contributed by atoms with Crippen LogP contribution in [0.3, 0.4) is 0 Å². The molecule has 0 saturated heterocycles. The highest BCUT2D eigenvalue weighted by molar-refractivity contribution is 5.92. The number of nitrogens with zero attached hydrogens (tertiary/aromatic N) is 1. The van der Waals surface area contributed by atoms with Gasteiger partial charge >= 0.3 is 0 Å². The lowest BCUT2D eigenvalue weighted by molar-refractivity contribution is 1.35. The van der Waals surface area contributed by atoms with E-state index in [4.69, 9.17) is 0 Å². The molecule has 0 aromatic carbocycles. The molecule has 0 fully saturated rings. The van der Waals surface area contributed by atoms with Gasteiger partial charge in [-0.1, -0.05) is 18.2 Å². The van der Waals surface area contributed by atoms with Gasteiger partial charge in [-0.25, -0.2) is 0 Å². The molecule has 0 bridgehead atoms. The Morgan fingerprint density at radius 2 is 2.14 bits per heavy atom. The van der Waals surface area contributed by atoms with Crippen molar-refractivity contribution in [3.05, 3.63) is 41.9 Å². The minimum atomic E-state index is 1.00. The molecule has 0 amide bonds. The number of hydrogen-bond acceptors (Lipinski definition) is 1. The molecule has 1 aliphatic rings. The zero-order valence-electron chi connectivity index (χ0n) is 7.70. The van der Waals surface area contributed by atoms with Crippen LogP contribution in [0.2, 0.25) is 0 Å². The molecule has 0 unspecified atom stereocenters. The van der Waals surface area contributed by atoms with Gasteiger partial charge in [-0.05, 0) is 18.6 Å². The molecule has 0 spiro atoms. The average molecular weight is 182 g/mol. The Morgan fingerprint density at radius 1 is 1.21 bits per heavy atom. The second kappa shape index (κ2) is 2.84. The summed E-state index contributed by atoms with van der Waals surface area (Å²) in [6, 6.07) is 2.01. The van der Waals surface area contributed by atoms with Crippen LogP contribution in [0.4, 0.5) is 0 Å². The highest BCUT2D eigenvalue weighted by Gasteiger charge is 2.07. The van der Waals surface area contributed by atoms with Gasteiger partial charge in [0.1, 0.15) is 0 Å². The van der Waals surface area contributed by atoms with E-state index in [0.717, 1.165) is 11.9 Å². The van der Waals surface area contributed by atoms with E-state index >= 15 is 0 Å². The highest BCUT2D eigenvalue weighted by atomic mass is 14.7. The summed E-state index contributed by atoms with van der Waals surface area (Å²) in [5.74, 6) is 0. The molecule has 2 aromatic heterocycles. The fourth-order valence-corrected chi connectivity index (χ4v) is 1.84. The average Bonchev–Trinajstić information content (AvgIpc) is 2.42. The monoisotopic (exact) mass is 182 g/mol. The summed E-state index contributed by atoms with van der Waals surface area (Å²) in [6.45, 7) is 0. The molecule has 0 radical (unpaired) electrons. The first-order valence-electron chi connectivity index (χ1n) is 4.74. The van der Waals surface area contributed by atoms with Crippen molar-refractivity contribution >= 4 is 23.1 Å². The van der Waals surface area contributed by atoms with Crippen LogP contribution in [0.15, 0.2) is 30.6 Å². The first-order valence-corrected chi connectivity index (χ1v) is 4.74. The summed E-state index contributed by atoms with van der Waals surface area (Å²) in [5.41, 5.74) is 3.59. The van der Waals surface area contributed by atoms with Crippen LogP contribution in [-0.4, -0.2) is 9.97 Å². The molecule has 1 aliphatic carbocycles. The Balaban J connectivity index is 2.41. The van der Waals surface area contributed by atoms with E-state index in [1.54, 1.807) is 0 Å². The lowest BCUT2D eigenvalue weighted by Crippen LogP contribution is -1.73. The molecule has 3 rings (SSSR count). The molecule has 0 saturated carbocycles. The van der Waals surface area contributed by atoms with E-state index in [0.29, 0.717) is 0 Å². The summed E-state index contributed by atoms with van der Waals surface area (Å²) in [6.07, 6.45) is 13.4. The SMILES string of the molecule is C1=Cc2[nH]c3ccncc3c2C=CC1. The Hall–Kier alpha value is -1.83. The van der Waals surface area contributed by atoms with Crippen LogP contribution in [0.1, 0.15) is 17.7 Å². The third-order valence-electron chi connectivity index (χ3n) is 2.51. The fraction of sp³-hybridized carbons (Fsp3) is 0.0833. The van der Waals surface area contributed by atoms with Gasteiger partial charge in [0.2, 0.25) is 0 Å². The van der Waals surface area contributed by atoms with Gasteiger partial charge in [0, 0.05) is 34.6 Å². The summed E-state index contributed by atoms with van der Waals surface area (Å²) in [7, 11) is 0. The zero-order chi connectivity index (χ0) is 9.38. The number of allylic oxidation sites excluding steroid dienone is 2. The lowest BCUT2D eigenvalue weighted by Gasteiger charge is -1.90. The lowest BCUT2D eigenvalue weighted by atomic mass is 10.1. The molecule has 2 nitrogen and oxygen atoms in total. The van der Waals surface area contributed by atoms with Gasteiger partial charge in [0.25, 0.3) is 0 Å². The van der Waals surface area contributed by atoms with E-state index in [9.17, 15) is 0 Å². The molecule has 14 heavy (non-hydrogen) atoms. The number of fused-ring (bicyclic) bond motifs is 3. The molecular weight excluding hydrogens is 172 g/mol. The van der Waals surface area contributed by atoms with Crippen LogP contribution in [-0.2, 0) is 0 Å². The van der Waals surface area contributed by atoms with Gasteiger partial charge in [0.15, 0.2) is 0 Å². The maximum Gasteiger partial charge on any atom is 0.0495 e. The molecular formula is C12H10N2. The molecule has 2 heterocycles. The first kappa shape index (κ1) is 7.56. The first-order chi connectivity index (χ1) is 6.95. The van der Waals surface area contributed by atoms with Crippen molar-refractivity contribution in [2.24, 2.45) is 0 Å². The number of hydrogen-bond donors (Lipinski definition) is 1. The van der Waals surface area contributed by atoms with Gasteiger partial charge in [-0.3, -0.25) is 4.98 Å². The maximum absolute atomic E-state index is 4.15. The number of aromatic amines is 1. The number of rotatable bonds is 0. The molecule has 1 N–H and O–H groups in total. The second-order valence-corrected chi connectivity index (χ2v) is 3.41. The smallest absolute Gasteiger partial charge is 0.0495 e. The van der Waals surface area contributed by atoms with Crippen LogP contribution in [0.5, 0.6) is 0 Å². The number of aromatic nitrogens is 2. The second-order valence-electron chi connectivity index (χ2n) is 3.41. The molecule has 2 aromatic rings. The Labute approximate surface area is 82.0 Å². The Morgan fingerprint density at radius 3 is 3.14 bits per heavy atom. The van der Waals surface area contributed by atoms with E-state index in [-0.39, 0.29) is 0 Å². The van der Waals surface area contributed by atoms with Gasteiger partial charge in [-0.2, -0.15) is 0 Å². The summed E-state index contributed by atoms with van der Waals surface area (Å²) in [5, 5.41) is 1.20. The maximum atomic E-state index is 4.15. The number of pyridine rings is 1. The van der Waals surface area contributed by atoms with Gasteiger partial charge in [0.05, 0.1) is 0 Å². The third kappa shape index (κ3) is 1.01. The summed E-state index contributed by atoms with van der Waals surface area (Å²) >= 11 is 0. The largest absolute Gasteiger partial charge is 0.354 e. The van der Waals surface area contributed by atoms with Crippen molar-refractivity contribution in [2.45, 2.75) is 6.42 Å². The molecule has 0 atom stereocenters. The number of nitrogens with one attached hydrogen (secondary N) is 1. The fourth-order valence-electron chi connectivity index (χ4n) is 1.84. The Bertz CT molecular complexity index is 532. The van der Waals surface area contributed by atoms with Crippen LogP contribution in [0.25, 0.3) is 23.1 Å². The van der Waals surface area contributed by atoms with Gasteiger partial charge < -0.3 is 4.98 Å². The summed E-state index contributed by atoms with van der Waals surface area (Å²) in [4.78, 5) is 7.52. The third-order valence-corrected chi connectivity index (χ3v) is 2.51. The Kier molecular flexibility index (Phi) is 1.53. The minimum Gasteiger partial charge on any atom is -0.354 e. The van der Waals surface area contributed by atoms with E-state index < -0.39 is 0 Å². The van der Waals surface area contributed by atoms with E-state index in [2.05, 4.69) is 34.3 Å². The van der Waals surface area contributed by atoms with Crippen LogP contribution >= 0.6 is 0 Å². The van der Waals surface area contributed by atoms with E-state index in [1.165, 1.54) is 16.6 Å². The van der Waals surface area contributed by atoms with Gasteiger partial charge in [-0.15, -0.1) is 0 Å². The van der Waals surface area contributed by atoms with Crippen molar-refractivity contribution in [1.82, 2.24) is 9.97 Å². The predicted molar refractivity (Wildman–Crippen MR) is 58.8 cm³/mol. The zero-order valence-corrected chi connectivity index (χ0v) is 7.70. The van der Waals surface area contributed by atoms with Crippen molar-refractivity contribution in [1.29, 1.82) is 0 Å². The highest BCUT2D eigenvalue weighted by Crippen LogP contribution is 2.25. The van der Waals surface area contributed by atoms with Crippen molar-refractivity contribution in [3.63, 3.8) is 0 Å². The van der Waals surface area contributed by atoms with Crippen molar-refractivity contribution < 1.29 is 0 Å². The van der Waals surface area contributed by atoms with Crippen molar-refractivity contribution in [3.8, 4) is 0 Å². The molecule has 68 valence electrons. The van der Waals surface area contributed by atoms with Crippen LogP contribution < -0.4 is 0 Å². The van der Waals surface area contributed by atoms with E-state index in [1.807, 2.05) is 18.5 Å². The minimum absolute atomic E-state index is 1.00. The predicted octanol–water partition coefficient (Wildman–Crippen LogP) is 2.99. The number of H-pyrrole nitrogens is 1. The van der Waals surface area contributed by atoms with Crippen LogP contribution in [0, 0.1) is 0 Å². The topological polar surface area (TPSA) is 28.7 Å². The summed E-state index contributed by atoms with van der Waals surface area (Å²) < 4.78 is 0. The normalized spacial score (nSPS) is 14.3. The quantitative estimate of drug-likeness (QED) is 0.666. The standard InChI is InChI=1S/C12H10N2/c1-2-4-9-10-8-13-7-6-12(10)14-11(9)5-3-1/h2-8,14H,1H2.